The second kappa shape index (κ2) is 11.0. The number of likely N-dealkylation sites (N-methyl/N-ethyl adjacent to an activating group) is 1. The molecule has 9 atom stereocenters. The number of rotatable bonds is 5. The summed E-state index contributed by atoms with van der Waals surface area (Å²) < 4.78 is 0. The maximum absolute atomic E-state index is 12.4. The molecule has 0 heterocycles. The molecule has 9 heteroatoms. The van der Waals surface area contributed by atoms with Crippen molar-refractivity contribution in [1.82, 2.24) is 5.32 Å². The Morgan fingerprint density at radius 2 is 1.90 bits per heavy atom. The summed E-state index contributed by atoms with van der Waals surface area (Å²) in [6, 6.07) is 4.26. The minimum atomic E-state index is -1.57. The van der Waals surface area contributed by atoms with E-state index in [9.17, 15) is 30.0 Å². The Balaban J connectivity index is 0.000000240. The first-order valence-corrected chi connectivity index (χ1v) is 14.1. The molecule has 3 fully saturated rings. The molecule has 9 nitrogen and oxygen atoms in total. The van der Waals surface area contributed by atoms with Crippen LogP contribution >= 0.6 is 0 Å². The van der Waals surface area contributed by atoms with Gasteiger partial charge in [0.25, 0.3) is 0 Å². The summed E-state index contributed by atoms with van der Waals surface area (Å²) >= 11 is 0. The summed E-state index contributed by atoms with van der Waals surface area (Å²) in [5.41, 5.74) is -1.02. The van der Waals surface area contributed by atoms with Gasteiger partial charge in [0.15, 0.2) is 23.1 Å². The molecule has 7 N–H and O–H groups in total. The van der Waals surface area contributed by atoms with E-state index < -0.39 is 35.6 Å². The van der Waals surface area contributed by atoms with Crippen molar-refractivity contribution in [3.63, 3.8) is 0 Å². The number of fused-ring (bicyclic) bond motifs is 5. The summed E-state index contributed by atoms with van der Waals surface area (Å²) in [4.78, 5) is 24.4. The Labute approximate surface area is 235 Å². The van der Waals surface area contributed by atoms with Crippen LogP contribution in [0.2, 0.25) is 0 Å². The number of Topliss-reactive ketones (excluding diaryl/α,β-unsaturated/α-hetero) is 1. The largest absolute Gasteiger partial charge is 0.504 e. The van der Waals surface area contributed by atoms with Crippen LogP contribution in [0, 0.1) is 34.5 Å². The van der Waals surface area contributed by atoms with E-state index >= 15 is 0 Å². The highest BCUT2D eigenvalue weighted by atomic mass is 16.3. The van der Waals surface area contributed by atoms with E-state index in [1.807, 2.05) is 13.0 Å². The first kappa shape index (κ1) is 30.4. The fourth-order valence-electron chi connectivity index (χ4n) is 8.40. The number of carbonyl (C=O) groups excluding carboxylic acids is 2. The molecule has 0 spiro atoms. The number of allylic oxidation sites excluding steroid dienone is 4. The third-order valence-corrected chi connectivity index (χ3v) is 10.4. The molecule has 3 saturated carbocycles. The highest BCUT2D eigenvalue weighted by Crippen LogP contribution is 2.67. The van der Waals surface area contributed by atoms with E-state index in [4.69, 9.17) is 10.2 Å². The first-order valence-electron chi connectivity index (χ1n) is 14.1. The number of nitrogens with one attached hydrogen (secondary N) is 1. The van der Waals surface area contributed by atoms with Gasteiger partial charge in [-0.2, -0.15) is 0 Å². The molecular formula is C31H43NO8. The molecular weight excluding hydrogens is 514 g/mol. The number of benzene rings is 1. The van der Waals surface area contributed by atoms with Gasteiger partial charge in [-0.15, -0.1) is 0 Å². The van der Waals surface area contributed by atoms with Crippen LogP contribution in [0.1, 0.15) is 58.1 Å². The minimum absolute atomic E-state index is 0.00620. The van der Waals surface area contributed by atoms with Gasteiger partial charge in [-0.1, -0.05) is 38.5 Å². The Hall–Kier alpha value is -2.56. The van der Waals surface area contributed by atoms with Gasteiger partial charge in [-0.3, -0.25) is 9.59 Å². The molecule has 4 aliphatic carbocycles. The van der Waals surface area contributed by atoms with Crippen molar-refractivity contribution < 1.29 is 40.2 Å². The van der Waals surface area contributed by atoms with Gasteiger partial charge >= 0.3 is 0 Å². The van der Waals surface area contributed by atoms with Crippen molar-refractivity contribution in [3.05, 3.63) is 47.6 Å². The zero-order valence-electron chi connectivity index (χ0n) is 23.7. The lowest BCUT2D eigenvalue weighted by atomic mass is 9.45. The number of aliphatic hydroxyl groups is 4. The van der Waals surface area contributed by atoms with Gasteiger partial charge in [0.2, 0.25) is 0 Å². The van der Waals surface area contributed by atoms with E-state index in [0.717, 1.165) is 18.4 Å². The monoisotopic (exact) mass is 557 g/mol. The number of carbonyl (C=O) groups is 2. The van der Waals surface area contributed by atoms with Crippen LogP contribution < -0.4 is 5.32 Å². The lowest BCUT2D eigenvalue weighted by Gasteiger charge is -2.60. The minimum Gasteiger partial charge on any atom is -0.504 e. The zero-order valence-corrected chi connectivity index (χ0v) is 23.7. The smallest absolute Gasteiger partial charge is 0.190 e. The van der Waals surface area contributed by atoms with Crippen LogP contribution in [0.4, 0.5) is 0 Å². The van der Waals surface area contributed by atoms with Crippen LogP contribution in [-0.4, -0.2) is 74.1 Å². The van der Waals surface area contributed by atoms with Gasteiger partial charge in [0.1, 0.15) is 12.2 Å². The standard InChI is InChI=1S/C22H30O5.C9H13NO3/c1-12-8-14-15-5-7-22(27,18(26)11-23)21(15,3)10-17(25)19(14)20(2)6-4-13(24)9-16(12)20;1-10-5-9(13)6-2-3-7(11)8(12)4-6/h4,6,9,12,14-15,17,19,23,25,27H,5,7-8,10-11H2,1-3H3;2-4,9-13H,5H2,1H3/t12-,14-,15-,17-,19+,20-,21-,22-;9-/m00/s1. The quantitative estimate of drug-likeness (QED) is 0.268. The normalized spacial score (nSPS) is 38.8. The van der Waals surface area contributed by atoms with Crippen LogP contribution in [-0.2, 0) is 9.59 Å². The van der Waals surface area contributed by atoms with Crippen LogP contribution in [0.3, 0.4) is 0 Å². The summed E-state index contributed by atoms with van der Waals surface area (Å²) in [5.74, 6) is -0.472. The number of hydrogen-bond donors (Lipinski definition) is 7. The topological polar surface area (TPSA) is 168 Å². The third-order valence-electron chi connectivity index (χ3n) is 10.4. The van der Waals surface area contributed by atoms with Gasteiger partial charge in [-0.05, 0) is 80.3 Å². The summed E-state index contributed by atoms with van der Waals surface area (Å²) in [6.07, 6.45) is 6.20. The Bertz CT molecular complexity index is 1210. The summed E-state index contributed by atoms with van der Waals surface area (Å²) in [6.45, 7) is 5.89. The average molecular weight is 558 g/mol. The first-order chi connectivity index (χ1) is 18.7. The molecule has 4 aliphatic rings. The second-order valence-corrected chi connectivity index (χ2v) is 12.5. The predicted octanol–water partition coefficient (Wildman–Crippen LogP) is 2.15. The molecule has 0 aliphatic heterocycles. The summed E-state index contributed by atoms with van der Waals surface area (Å²) in [7, 11) is 1.73. The highest BCUT2D eigenvalue weighted by molar-refractivity contribution is 6.01. The number of aliphatic hydroxyl groups excluding tert-OH is 3. The SMILES string of the molecule is CNC[C@H](O)c1ccc(O)c(O)c1.C[C@H]1C[C@@H]2[C@H]([C@@H](O)C[C@@]3(C)[C@H]2CC[C@]3(O)C(=O)CO)[C@@]2(C)C=CC(=O)C=C12. The number of ketones is 2. The van der Waals surface area contributed by atoms with Gasteiger partial charge in [0, 0.05) is 23.3 Å². The molecule has 220 valence electrons. The Kier molecular flexibility index (Phi) is 8.38. The van der Waals surface area contributed by atoms with E-state index in [1.54, 1.807) is 25.3 Å². The molecule has 0 aromatic heterocycles. The van der Waals surface area contributed by atoms with E-state index in [1.165, 1.54) is 12.1 Å². The molecule has 5 rings (SSSR count). The molecule has 0 bridgehead atoms. The van der Waals surface area contributed by atoms with Gasteiger partial charge in [-0.25, -0.2) is 0 Å². The van der Waals surface area contributed by atoms with Crippen LogP contribution in [0.25, 0.3) is 0 Å². The molecule has 0 amide bonds. The molecule has 1 aromatic rings. The number of phenolic OH excluding ortho intramolecular Hbond substituents is 2. The highest BCUT2D eigenvalue weighted by Gasteiger charge is 2.68. The molecule has 40 heavy (non-hydrogen) atoms. The zero-order chi connectivity index (χ0) is 29.6. The van der Waals surface area contributed by atoms with Crippen molar-refractivity contribution in [2.45, 2.75) is 64.3 Å². The maximum Gasteiger partial charge on any atom is 0.190 e. The van der Waals surface area contributed by atoms with Crippen molar-refractivity contribution in [3.8, 4) is 11.5 Å². The number of hydrogen-bond acceptors (Lipinski definition) is 9. The Morgan fingerprint density at radius 1 is 1.20 bits per heavy atom. The van der Waals surface area contributed by atoms with Crippen molar-refractivity contribution in [1.29, 1.82) is 0 Å². The van der Waals surface area contributed by atoms with E-state index in [2.05, 4.69) is 19.2 Å². The van der Waals surface area contributed by atoms with E-state index in [0.29, 0.717) is 24.9 Å². The van der Waals surface area contributed by atoms with Crippen molar-refractivity contribution >= 4 is 11.6 Å². The second-order valence-electron chi connectivity index (χ2n) is 12.5. The molecule has 0 unspecified atom stereocenters. The lowest BCUT2D eigenvalue weighted by Crippen LogP contribution is -2.62. The van der Waals surface area contributed by atoms with E-state index in [-0.39, 0.29) is 46.4 Å². The number of phenols is 2. The molecule has 0 radical (unpaired) electrons. The number of aromatic hydroxyl groups is 2. The lowest BCUT2D eigenvalue weighted by molar-refractivity contribution is -0.180. The Morgan fingerprint density at radius 3 is 2.52 bits per heavy atom. The fourth-order valence-corrected chi connectivity index (χ4v) is 8.40. The van der Waals surface area contributed by atoms with Gasteiger partial charge < -0.3 is 36.0 Å². The maximum atomic E-state index is 12.4. The fraction of sp³-hybridized carbons (Fsp3) is 0.613. The molecule has 1 aromatic carbocycles. The van der Waals surface area contributed by atoms with Crippen molar-refractivity contribution in [2.24, 2.45) is 34.5 Å². The molecule has 0 saturated heterocycles. The van der Waals surface area contributed by atoms with Gasteiger partial charge in [0.05, 0.1) is 12.2 Å². The third kappa shape index (κ3) is 4.81. The van der Waals surface area contributed by atoms with Crippen LogP contribution in [0.15, 0.2) is 42.0 Å². The predicted molar refractivity (Wildman–Crippen MR) is 148 cm³/mol. The average Bonchev–Trinajstić information content (AvgIpc) is 3.17. The summed E-state index contributed by atoms with van der Waals surface area (Å²) in [5, 5.41) is 62.3. The van der Waals surface area contributed by atoms with Crippen molar-refractivity contribution in [2.75, 3.05) is 20.2 Å². The van der Waals surface area contributed by atoms with Crippen LogP contribution in [0.5, 0.6) is 11.5 Å².